The molecule has 578 valence electrons. The minimum atomic E-state index is -3.03. The van der Waals surface area contributed by atoms with Crippen LogP contribution in [0.15, 0.2) is 29.1 Å². The fraction of sp³-hybridized carbons (Fsp3) is 0.901. The van der Waals surface area contributed by atoms with E-state index in [0.29, 0.717) is 125 Å². The lowest BCUT2D eigenvalue weighted by molar-refractivity contribution is -0.0224. The second-order valence-electron chi connectivity index (χ2n) is 27.6. The molecule has 16 nitrogen and oxygen atoms in total. The molecule has 0 saturated heterocycles. The lowest BCUT2D eigenvalue weighted by atomic mass is 10.0. The summed E-state index contributed by atoms with van der Waals surface area (Å²) in [5.41, 5.74) is 9.40. The highest BCUT2D eigenvalue weighted by Gasteiger charge is 2.17. The van der Waals surface area contributed by atoms with Crippen molar-refractivity contribution >= 4 is 7.37 Å². The van der Waals surface area contributed by atoms with Crippen LogP contribution in [0.25, 0.3) is 0 Å². The van der Waals surface area contributed by atoms with E-state index in [-0.39, 0.29) is 19.4 Å². The first kappa shape index (κ1) is 93.6. The average molecular weight is 1410 g/mol. The van der Waals surface area contributed by atoms with E-state index in [1.165, 1.54) is 283 Å². The Kier molecular flexibility index (Phi) is 73.8. The van der Waals surface area contributed by atoms with Crippen LogP contribution in [0.3, 0.4) is 0 Å². The van der Waals surface area contributed by atoms with Crippen molar-refractivity contribution in [3.8, 4) is 17.2 Å². The predicted octanol–water partition coefficient (Wildman–Crippen LogP) is 22.6. The summed E-state index contributed by atoms with van der Waals surface area (Å²) in [6.45, 7) is 17.2. The normalized spacial score (nSPS) is 12.4. The molecule has 17 heteroatoms. The molecule has 1 aromatic carbocycles. The van der Waals surface area contributed by atoms with Gasteiger partial charge in [0.25, 0.3) is 0 Å². The standard InChI is InChI=1S/C81H156N3O13P/c1-5-8-11-14-17-20-23-26-29-32-35-38-41-44-47-50-53-95-79-72-77(74-83-75-78(84-82)76-94-69-68-92-65-64-90-61-60-88-57-56-87-58-59-89-62-63-91-66-67-93-70-71-98(4,85)86)73-80(96-54-51-48-45-42-39-36-33-30-27-24-21-18-15-12-9-6-2)81(79)97-55-52-49-46-43-40-37-34-31-28-25-22-19-16-13-10-7-3/h72-73,75,82-83H,5-71,74,76H2,1-4H3,(H,85,86)/b78-75-,84-82?. The zero-order valence-electron chi connectivity index (χ0n) is 64.3. The van der Waals surface area contributed by atoms with Crippen LogP contribution >= 0.6 is 7.37 Å². The molecule has 0 bridgehead atoms. The second kappa shape index (κ2) is 77.2. The molecule has 1 rings (SSSR count). The quantitative estimate of drug-likeness (QED) is 0.0318. The summed E-state index contributed by atoms with van der Waals surface area (Å²) >= 11 is 0. The summed E-state index contributed by atoms with van der Waals surface area (Å²) < 4.78 is 76.0. The number of rotatable bonds is 84. The third-order valence-electron chi connectivity index (χ3n) is 18.1. The fourth-order valence-corrected chi connectivity index (χ4v) is 12.4. The van der Waals surface area contributed by atoms with E-state index in [1.807, 2.05) is 0 Å². The van der Waals surface area contributed by atoms with Crippen molar-refractivity contribution in [3.05, 3.63) is 29.6 Å². The van der Waals surface area contributed by atoms with Gasteiger partial charge in [-0.1, -0.05) is 310 Å². The van der Waals surface area contributed by atoms with Crippen LogP contribution in [-0.2, 0) is 49.0 Å². The molecule has 0 spiro atoms. The second-order valence-corrected chi connectivity index (χ2v) is 30.2. The summed E-state index contributed by atoms with van der Waals surface area (Å²) in [7, 11) is -3.03. The van der Waals surface area contributed by atoms with Crippen molar-refractivity contribution in [3.63, 3.8) is 0 Å². The van der Waals surface area contributed by atoms with Crippen molar-refractivity contribution in [2.45, 2.75) is 336 Å². The van der Waals surface area contributed by atoms with Crippen LogP contribution in [0, 0.1) is 5.53 Å². The smallest absolute Gasteiger partial charge is 0.203 e. The van der Waals surface area contributed by atoms with Gasteiger partial charge in [-0.2, -0.15) is 5.11 Å². The topological polar surface area (TPSA) is 187 Å². The Bertz CT molecular complexity index is 1800. The summed E-state index contributed by atoms with van der Waals surface area (Å²) in [6, 6.07) is 4.24. The third kappa shape index (κ3) is 69.4. The Morgan fingerprint density at radius 1 is 0.357 bits per heavy atom. The summed E-state index contributed by atoms with van der Waals surface area (Å²) in [4.78, 5) is 9.27. The van der Waals surface area contributed by atoms with Crippen LogP contribution in [0.1, 0.15) is 335 Å². The SMILES string of the molecule is CCCCCCCCCCCCCCCCCCOc1cc(CN/C=C(/COCCOCCOCCOCCOCCOCCOCCOCCP(C)(=O)O)N=N)cc(OCCCCCCCCCCCCCCCCCC)c1OCCCCCCCCCCCCCCCCCC. The third-order valence-corrected chi connectivity index (χ3v) is 19.1. The van der Waals surface area contributed by atoms with E-state index in [1.54, 1.807) is 6.20 Å². The molecule has 1 atom stereocenters. The first-order valence-electron chi connectivity index (χ1n) is 41.1. The number of benzene rings is 1. The van der Waals surface area contributed by atoms with E-state index in [0.717, 1.165) is 54.9 Å². The van der Waals surface area contributed by atoms with E-state index in [2.05, 4.69) is 43.3 Å². The minimum absolute atomic E-state index is 0.151. The molecule has 3 N–H and O–H groups in total. The number of hydrogen-bond donors (Lipinski definition) is 3. The highest BCUT2D eigenvalue weighted by atomic mass is 31.2. The predicted molar refractivity (Wildman–Crippen MR) is 409 cm³/mol. The highest BCUT2D eigenvalue weighted by molar-refractivity contribution is 7.57. The van der Waals surface area contributed by atoms with E-state index >= 15 is 0 Å². The average Bonchev–Trinajstić information content (AvgIpc) is 0.845. The molecule has 0 aromatic heterocycles. The molecule has 0 radical (unpaired) electrons. The number of nitrogens with one attached hydrogen (secondary N) is 2. The van der Waals surface area contributed by atoms with Gasteiger partial charge in [0.05, 0.1) is 126 Å². The van der Waals surface area contributed by atoms with Gasteiger partial charge in [-0.25, -0.2) is 5.53 Å². The van der Waals surface area contributed by atoms with Gasteiger partial charge in [0.1, 0.15) is 5.70 Å². The van der Waals surface area contributed by atoms with Crippen molar-refractivity contribution < 1.29 is 61.6 Å². The Labute approximate surface area is 602 Å². The van der Waals surface area contributed by atoms with Gasteiger partial charge in [0, 0.05) is 25.6 Å². The van der Waals surface area contributed by atoms with Crippen LogP contribution in [0.2, 0.25) is 0 Å². The van der Waals surface area contributed by atoms with Gasteiger partial charge in [-0.05, 0) is 37.0 Å². The van der Waals surface area contributed by atoms with Gasteiger partial charge < -0.3 is 62.3 Å². The molecular weight excluding hydrogens is 1250 g/mol. The van der Waals surface area contributed by atoms with E-state index in [4.69, 9.17) is 57.6 Å². The summed E-state index contributed by atoms with van der Waals surface area (Å²) in [6.07, 6.45) is 66.2. The molecule has 0 heterocycles. The maximum absolute atomic E-state index is 11.3. The number of hydrogen-bond acceptors (Lipinski definition) is 15. The first-order chi connectivity index (χ1) is 48.3. The van der Waals surface area contributed by atoms with E-state index < -0.39 is 7.37 Å². The Hall–Kier alpha value is -2.37. The van der Waals surface area contributed by atoms with Crippen LogP contribution in [0.4, 0.5) is 0 Å². The summed E-state index contributed by atoms with van der Waals surface area (Å²) in [5, 5.41) is 7.17. The van der Waals surface area contributed by atoms with Gasteiger partial charge >= 0.3 is 0 Å². The Morgan fingerprint density at radius 3 is 0.847 bits per heavy atom. The van der Waals surface area contributed by atoms with Gasteiger partial charge in [0.15, 0.2) is 18.9 Å². The first-order valence-corrected chi connectivity index (χ1v) is 43.4. The lowest BCUT2D eigenvalue weighted by Gasteiger charge is -2.19. The molecule has 1 aromatic rings. The van der Waals surface area contributed by atoms with Crippen LogP contribution < -0.4 is 19.5 Å². The lowest BCUT2D eigenvalue weighted by Crippen LogP contribution is -2.15. The largest absolute Gasteiger partial charge is 0.490 e. The van der Waals surface area contributed by atoms with Gasteiger partial charge in [-0.3, -0.25) is 4.57 Å². The Balaban J connectivity index is 2.72. The maximum atomic E-state index is 11.3. The number of ether oxygens (including phenoxy) is 11. The maximum Gasteiger partial charge on any atom is 0.203 e. The number of nitrogens with zero attached hydrogens (tertiary/aromatic N) is 1. The van der Waals surface area contributed by atoms with Crippen molar-refractivity contribution in [1.29, 1.82) is 5.53 Å². The molecule has 0 aliphatic rings. The number of unbranched alkanes of at least 4 members (excludes halogenated alkanes) is 45. The van der Waals surface area contributed by atoms with Crippen molar-refractivity contribution in [1.82, 2.24) is 5.32 Å². The van der Waals surface area contributed by atoms with Gasteiger partial charge in [-0.15, -0.1) is 0 Å². The van der Waals surface area contributed by atoms with Gasteiger partial charge in [0.2, 0.25) is 5.75 Å². The summed E-state index contributed by atoms with van der Waals surface area (Å²) in [5.74, 6) is 2.25. The van der Waals surface area contributed by atoms with Crippen LogP contribution in [0.5, 0.6) is 17.2 Å². The zero-order valence-corrected chi connectivity index (χ0v) is 65.2. The fourth-order valence-electron chi connectivity index (χ4n) is 11.9. The molecule has 0 aliphatic heterocycles. The monoisotopic (exact) mass is 1410 g/mol. The zero-order chi connectivity index (χ0) is 70.5. The molecule has 98 heavy (non-hydrogen) atoms. The van der Waals surface area contributed by atoms with Crippen LogP contribution in [-0.4, -0.2) is 143 Å². The highest BCUT2D eigenvalue weighted by Crippen LogP contribution is 2.40. The van der Waals surface area contributed by atoms with E-state index in [9.17, 15) is 9.46 Å². The molecule has 0 saturated carbocycles. The Morgan fingerprint density at radius 2 is 0.592 bits per heavy atom. The molecule has 1 unspecified atom stereocenters. The molecular formula is C81H156N3O13P. The molecule has 0 amide bonds. The molecule has 0 fully saturated rings. The molecule has 0 aliphatic carbocycles. The van der Waals surface area contributed by atoms with Crippen molar-refractivity contribution in [2.24, 2.45) is 5.11 Å². The van der Waals surface area contributed by atoms with Crippen molar-refractivity contribution in [2.75, 3.05) is 138 Å². The minimum Gasteiger partial charge on any atom is -0.490 e.